The Balaban J connectivity index is 1.53. The fourth-order valence-corrected chi connectivity index (χ4v) is 3.32. The summed E-state index contributed by atoms with van der Waals surface area (Å²) in [5.74, 6) is -1.21. The Morgan fingerprint density at radius 1 is 1.21 bits per heavy atom. The van der Waals surface area contributed by atoms with E-state index in [2.05, 4.69) is 10.4 Å². The highest BCUT2D eigenvalue weighted by Gasteiger charge is 2.39. The summed E-state index contributed by atoms with van der Waals surface area (Å²) in [5, 5.41) is 6.33. The summed E-state index contributed by atoms with van der Waals surface area (Å²) < 4.78 is 40.2. The van der Waals surface area contributed by atoms with Gasteiger partial charge in [-0.1, -0.05) is 30.3 Å². The van der Waals surface area contributed by atoms with Gasteiger partial charge < -0.3 is 10.2 Å². The van der Waals surface area contributed by atoms with Gasteiger partial charge >= 0.3 is 17.9 Å². The summed E-state index contributed by atoms with van der Waals surface area (Å²) >= 11 is 0. The van der Waals surface area contributed by atoms with Crippen molar-refractivity contribution in [3.8, 4) is 0 Å². The second kappa shape index (κ2) is 8.07. The highest BCUT2D eigenvalue weighted by molar-refractivity contribution is 5.74. The first kappa shape index (κ1) is 20.0. The van der Waals surface area contributed by atoms with Crippen LogP contribution in [-0.2, 0) is 19.6 Å². The maximum absolute atomic E-state index is 12.9. The first-order valence-electron chi connectivity index (χ1n) is 9.07. The van der Waals surface area contributed by atoms with Crippen LogP contribution in [0.3, 0.4) is 0 Å². The molecular weight excluding hydrogens is 375 g/mol. The molecule has 0 atom stereocenters. The number of aromatic nitrogens is 3. The van der Waals surface area contributed by atoms with Gasteiger partial charge in [0.2, 0.25) is 5.82 Å². The molecule has 0 spiro atoms. The zero-order valence-corrected chi connectivity index (χ0v) is 15.4. The molecule has 0 saturated carbocycles. The highest BCUT2D eigenvalue weighted by Crippen LogP contribution is 2.28. The lowest BCUT2D eigenvalue weighted by Crippen LogP contribution is -2.46. The molecule has 0 bridgehead atoms. The number of nitrogens with one attached hydrogen (secondary N) is 1. The van der Waals surface area contributed by atoms with E-state index in [9.17, 15) is 22.8 Å². The number of carbonyl (C=O) groups is 1. The summed E-state index contributed by atoms with van der Waals surface area (Å²) in [7, 11) is 1.06. The Labute approximate surface area is 159 Å². The van der Waals surface area contributed by atoms with E-state index < -0.39 is 23.7 Å². The number of likely N-dealkylation sites (tertiary alicyclic amines) is 1. The lowest BCUT2D eigenvalue weighted by Gasteiger charge is -2.31. The first-order valence-corrected chi connectivity index (χ1v) is 9.07. The number of amides is 2. The smallest absolute Gasteiger partial charge is 0.338 e. The van der Waals surface area contributed by atoms with Crippen LogP contribution in [0, 0.1) is 0 Å². The summed E-state index contributed by atoms with van der Waals surface area (Å²) in [5.41, 5.74) is 0.328. The Bertz CT molecular complexity index is 868. The van der Waals surface area contributed by atoms with Crippen molar-refractivity contribution in [2.75, 3.05) is 19.6 Å². The van der Waals surface area contributed by atoms with E-state index >= 15 is 0 Å². The SMILES string of the molecule is Cn1c(C(F)(F)F)nn(C2CCN(C(=O)NCCc3ccccc3)CC2)c1=O. The van der Waals surface area contributed by atoms with Gasteiger partial charge in [0.15, 0.2) is 0 Å². The lowest BCUT2D eigenvalue weighted by atomic mass is 10.1. The van der Waals surface area contributed by atoms with Crippen molar-refractivity contribution in [1.82, 2.24) is 24.6 Å². The molecule has 1 aromatic heterocycles. The molecule has 2 aromatic rings. The molecule has 0 radical (unpaired) electrons. The Morgan fingerprint density at radius 2 is 1.86 bits per heavy atom. The van der Waals surface area contributed by atoms with E-state index in [-0.39, 0.29) is 6.03 Å². The van der Waals surface area contributed by atoms with Gasteiger partial charge in [0.25, 0.3) is 0 Å². The third kappa shape index (κ3) is 4.37. The van der Waals surface area contributed by atoms with Crippen molar-refractivity contribution in [2.24, 2.45) is 7.05 Å². The van der Waals surface area contributed by atoms with Crippen LogP contribution in [0.5, 0.6) is 0 Å². The molecule has 1 N–H and O–H groups in total. The number of piperidine rings is 1. The van der Waals surface area contributed by atoms with Gasteiger partial charge in [0, 0.05) is 26.7 Å². The molecule has 2 heterocycles. The Morgan fingerprint density at radius 3 is 2.43 bits per heavy atom. The van der Waals surface area contributed by atoms with Gasteiger partial charge in [-0.2, -0.15) is 13.2 Å². The van der Waals surface area contributed by atoms with Crippen LogP contribution in [0.15, 0.2) is 35.1 Å². The third-order valence-corrected chi connectivity index (χ3v) is 4.89. The summed E-state index contributed by atoms with van der Waals surface area (Å²) in [4.78, 5) is 26.0. The van der Waals surface area contributed by atoms with E-state index in [1.165, 1.54) is 0 Å². The molecule has 1 aliphatic rings. The largest absolute Gasteiger partial charge is 0.451 e. The first-order chi connectivity index (χ1) is 13.3. The average Bonchev–Trinajstić information content (AvgIpc) is 2.98. The molecule has 28 heavy (non-hydrogen) atoms. The average molecular weight is 397 g/mol. The molecule has 1 aromatic carbocycles. The minimum atomic E-state index is -4.68. The second-order valence-corrected chi connectivity index (χ2v) is 6.79. The Kier molecular flexibility index (Phi) is 5.76. The Hall–Kier alpha value is -2.78. The minimum Gasteiger partial charge on any atom is -0.338 e. The van der Waals surface area contributed by atoms with Gasteiger partial charge in [-0.15, -0.1) is 5.10 Å². The standard InChI is InChI=1S/C18H22F3N5O2/c1-24-15(18(19,20)21)23-26(17(24)28)14-8-11-25(12-9-14)16(27)22-10-7-13-5-3-2-4-6-13/h2-6,14H,7-12H2,1H3,(H,22,27). The van der Waals surface area contributed by atoms with Gasteiger partial charge in [0.05, 0.1) is 6.04 Å². The van der Waals surface area contributed by atoms with Crippen molar-refractivity contribution in [3.63, 3.8) is 0 Å². The van der Waals surface area contributed by atoms with Crippen LogP contribution < -0.4 is 11.0 Å². The molecule has 0 aliphatic carbocycles. The third-order valence-electron chi connectivity index (χ3n) is 4.89. The van der Waals surface area contributed by atoms with Gasteiger partial charge in [0.1, 0.15) is 0 Å². The second-order valence-electron chi connectivity index (χ2n) is 6.79. The van der Waals surface area contributed by atoms with E-state index in [1.54, 1.807) is 4.90 Å². The zero-order chi connectivity index (χ0) is 20.3. The summed E-state index contributed by atoms with van der Waals surface area (Å²) in [6, 6.07) is 9.10. The zero-order valence-electron chi connectivity index (χ0n) is 15.4. The van der Waals surface area contributed by atoms with Crippen molar-refractivity contribution in [1.29, 1.82) is 0 Å². The lowest BCUT2D eigenvalue weighted by molar-refractivity contribution is -0.147. The molecule has 3 rings (SSSR count). The van der Waals surface area contributed by atoms with Crippen LogP contribution in [0.2, 0.25) is 0 Å². The number of halogens is 3. The normalized spacial score (nSPS) is 15.6. The molecule has 2 amide bonds. The number of urea groups is 1. The number of carbonyl (C=O) groups excluding carboxylic acids is 1. The van der Waals surface area contributed by atoms with Crippen molar-refractivity contribution in [2.45, 2.75) is 31.5 Å². The number of nitrogens with zero attached hydrogens (tertiary/aromatic N) is 4. The fraction of sp³-hybridized carbons (Fsp3) is 0.500. The number of hydrogen-bond acceptors (Lipinski definition) is 3. The van der Waals surface area contributed by atoms with Crippen LogP contribution in [0.4, 0.5) is 18.0 Å². The van der Waals surface area contributed by atoms with Gasteiger partial charge in [-0.05, 0) is 24.8 Å². The number of rotatable bonds is 4. The number of hydrogen-bond donors (Lipinski definition) is 1. The molecule has 1 fully saturated rings. The maximum atomic E-state index is 12.9. The molecule has 0 unspecified atom stereocenters. The van der Waals surface area contributed by atoms with E-state index in [4.69, 9.17) is 0 Å². The van der Waals surface area contributed by atoms with Crippen molar-refractivity contribution in [3.05, 3.63) is 52.2 Å². The molecule has 1 saturated heterocycles. The predicted octanol–water partition coefficient (Wildman–Crippen LogP) is 2.19. The minimum absolute atomic E-state index is 0.210. The maximum Gasteiger partial charge on any atom is 0.451 e. The molecule has 1 aliphatic heterocycles. The predicted molar refractivity (Wildman–Crippen MR) is 95.9 cm³/mol. The molecular formula is C18H22F3N5O2. The number of benzene rings is 1. The molecule has 10 heteroatoms. The molecule has 152 valence electrons. The fourth-order valence-electron chi connectivity index (χ4n) is 3.32. The van der Waals surface area contributed by atoms with E-state index in [0.29, 0.717) is 43.5 Å². The summed E-state index contributed by atoms with van der Waals surface area (Å²) in [6.45, 7) is 1.20. The van der Waals surface area contributed by atoms with Crippen LogP contribution in [0.1, 0.15) is 30.3 Å². The monoisotopic (exact) mass is 397 g/mol. The van der Waals surface area contributed by atoms with Gasteiger partial charge in [-0.25, -0.2) is 14.3 Å². The number of alkyl halides is 3. The quantitative estimate of drug-likeness (QED) is 0.860. The van der Waals surface area contributed by atoms with Crippen molar-refractivity contribution < 1.29 is 18.0 Å². The van der Waals surface area contributed by atoms with Gasteiger partial charge in [-0.3, -0.25) is 4.57 Å². The topological polar surface area (TPSA) is 72.2 Å². The van der Waals surface area contributed by atoms with Crippen molar-refractivity contribution >= 4 is 6.03 Å². The van der Waals surface area contributed by atoms with Crippen LogP contribution in [-0.4, -0.2) is 44.9 Å². The highest BCUT2D eigenvalue weighted by atomic mass is 19.4. The van der Waals surface area contributed by atoms with Crippen LogP contribution in [0.25, 0.3) is 0 Å². The summed E-state index contributed by atoms with van der Waals surface area (Å²) in [6.07, 6.45) is -3.22. The van der Waals surface area contributed by atoms with E-state index in [1.807, 2.05) is 30.3 Å². The molecule has 7 nitrogen and oxygen atoms in total. The van der Waals surface area contributed by atoms with Crippen LogP contribution >= 0.6 is 0 Å². The van der Waals surface area contributed by atoms with E-state index in [0.717, 1.165) is 17.3 Å².